The van der Waals surface area contributed by atoms with Crippen LogP contribution in [0, 0.1) is 5.82 Å². The molecule has 0 saturated carbocycles. The van der Waals surface area contributed by atoms with E-state index < -0.39 is 11.8 Å². The molecular weight excluding hydrogens is 305 g/mol. The number of carboxylic acid groups (broad SMARTS) is 1. The summed E-state index contributed by atoms with van der Waals surface area (Å²) in [4.78, 5) is 10.6. The van der Waals surface area contributed by atoms with Gasteiger partial charge in [-0.05, 0) is 18.2 Å². The summed E-state index contributed by atoms with van der Waals surface area (Å²) in [7, 11) is 0. The molecular formula is C12H11ClFN3O2S. The van der Waals surface area contributed by atoms with Gasteiger partial charge in [0.2, 0.25) is 0 Å². The van der Waals surface area contributed by atoms with Gasteiger partial charge in [0.1, 0.15) is 11.6 Å². The fourth-order valence-corrected chi connectivity index (χ4v) is 2.50. The summed E-state index contributed by atoms with van der Waals surface area (Å²) in [5, 5.41) is 17.2. The molecule has 0 bridgehead atoms. The minimum Gasteiger partial charge on any atom is -0.481 e. The number of rotatable bonds is 5. The molecule has 0 fully saturated rings. The molecule has 8 heteroatoms. The van der Waals surface area contributed by atoms with Crippen LogP contribution in [0.25, 0.3) is 5.69 Å². The monoisotopic (exact) mass is 315 g/mol. The van der Waals surface area contributed by atoms with Crippen LogP contribution in [0.3, 0.4) is 0 Å². The van der Waals surface area contributed by atoms with Crippen molar-refractivity contribution in [2.24, 2.45) is 0 Å². The second kappa shape index (κ2) is 6.23. The summed E-state index contributed by atoms with van der Waals surface area (Å²) < 4.78 is 15.5. The summed E-state index contributed by atoms with van der Waals surface area (Å²) in [5.41, 5.74) is 0.254. The number of hydrogen-bond acceptors (Lipinski definition) is 4. The third-order valence-electron chi connectivity index (χ3n) is 2.49. The second-order valence-corrected chi connectivity index (χ2v) is 5.24. The van der Waals surface area contributed by atoms with Gasteiger partial charge in [0.05, 0.1) is 11.4 Å². The van der Waals surface area contributed by atoms with E-state index in [9.17, 15) is 9.18 Å². The predicted molar refractivity (Wildman–Crippen MR) is 74.1 cm³/mol. The SMILES string of the molecule is CCc1nnc(SCC(=O)O)n1-c1ccc(Cl)cc1F. The van der Waals surface area contributed by atoms with Crippen molar-refractivity contribution in [2.75, 3.05) is 5.75 Å². The van der Waals surface area contributed by atoms with E-state index in [0.29, 0.717) is 17.4 Å². The van der Waals surface area contributed by atoms with Crippen LogP contribution in [0.4, 0.5) is 4.39 Å². The smallest absolute Gasteiger partial charge is 0.313 e. The van der Waals surface area contributed by atoms with Gasteiger partial charge in [-0.3, -0.25) is 9.36 Å². The van der Waals surface area contributed by atoms with E-state index in [1.807, 2.05) is 6.92 Å². The summed E-state index contributed by atoms with van der Waals surface area (Å²) in [6.07, 6.45) is 0.544. The maximum atomic E-state index is 14.0. The minimum atomic E-state index is -0.973. The molecule has 0 saturated heterocycles. The average Bonchev–Trinajstić information content (AvgIpc) is 2.79. The van der Waals surface area contributed by atoms with Crippen molar-refractivity contribution in [1.82, 2.24) is 14.8 Å². The van der Waals surface area contributed by atoms with Crippen LogP contribution in [0.15, 0.2) is 23.4 Å². The lowest BCUT2D eigenvalue weighted by molar-refractivity contribution is -0.133. The third kappa shape index (κ3) is 3.10. The normalized spacial score (nSPS) is 10.8. The van der Waals surface area contributed by atoms with Gasteiger partial charge in [-0.25, -0.2) is 4.39 Å². The molecule has 1 N–H and O–H groups in total. The number of nitrogens with zero attached hydrogens (tertiary/aromatic N) is 3. The number of hydrogen-bond donors (Lipinski definition) is 1. The maximum Gasteiger partial charge on any atom is 0.313 e. The Bertz CT molecular complexity index is 648. The molecule has 1 aromatic carbocycles. The van der Waals surface area contributed by atoms with E-state index in [-0.39, 0.29) is 16.5 Å². The molecule has 20 heavy (non-hydrogen) atoms. The third-order valence-corrected chi connectivity index (χ3v) is 3.64. The number of aliphatic carboxylic acids is 1. The van der Waals surface area contributed by atoms with Crippen molar-refractivity contribution in [3.8, 4) is 5.69 Å². The summed E-state index contributed by atoms with van der Waals surface area (Å²) in [6.45, 7) is 1.86. The first-order valence-corrected chi connectivity index (χ1v) is 7.13. The van der Waals surface area contributed by atoms with E-state index in [4.69, 9.17) is 16.7 Å². The predicted octanol–water partition coefficient (Wildman–Crippen LogP) is 2.80. The molecule has 0 aliphatic rings. The topological polar surface area (TPSA) is 68.0 Å². The highest BCUT2D eigenvalue weighted by molar-refractivity contribution is 7.99. The molecule has 0 aliphatic carbocycles. The van der Waals surface area contributed by atoms with Gasteiger partial charge in [-0.1, -0.05) is 30.3 Å². The van der Waals surface area contributed by atoms with Crippen LogP contribution in [0.2, 0.25) is 5.02 Å². The molecule has 0 spiro atoms. The van der Waals surface area contributed by atoms with Crippen LogP contribution in [0.1, 0.15) is 12.7 Å². The van der Waals surface area contributed by atoms with Crippen molar-refractivity contribution in [3.05, 3.63) is 34.9 Å². The van der Waals surface area contributed by atoms with Crippen molar-refractivity contribution in [3.63, 3.8) is 0 Å². The van der Waals surface area contributed by atoms with Crippen LogP contribution < -0.4 is 0 Å². The van der Waals surface area contributed by atoms with Crippen molar-refractivity contribution in [2.45, 2.75) is 18.5 Å². The van der Waals surface area contributed by atoms with E-state index >= 15 is 0 Å². The lowest BCUT2D eigenvalue weighted by Crippen LogP contribution is -2.06. The van der Waals surface area contributed by atoms with Crippen molar-refractivity contribution < 1.29 is 14.3 Å². The summed E-state index contributed by atoms with van der Waals surface area (Å²) >= 11 is 6.72. The van der Waals surface area contributed by atoms with Crippen molar-refractivity contribution in [1.29, 1.82) is 0 Å². The number of aryl methyl sites for hydroxylation is 1. The Balaban J connectivity index is 2.47. The van der Waals surface area contributed by atoms with Crippen LogP contribution in [-0.4, -0.2) is 31.6 Å². The fraction of sp³-hybridized carbons (Fsp3) is 0.250. The molecule has 0 atom stereocenters. The average molecular weight is 316 g/mol. The fourth-order valence-electron chi connectivity index (χ4n) is 1.65. The molecule has 2 aromatic rings. The van der Waals surface area contributed by atoms with E-state index in [1.54, 1.807) is 6.07 Å². The first-order valence-electron chi connectivity index (χ1n) is 5.77. The molecule has 0 unspecified atom stereocenters. The van der Waals surface area contributed by atoms with Gasteiger partial charge >= 0.3 is 5.97 Å². The van der Waals surface area contributed by atoms with Gasteiger partial charge < -0.3 is 5.11 Å². The van der Waals surface area contributed by atoms with E-state index in [1.165, 1.54) is 16.7 Å². The number of carbonyl (C=O) groups is 1. The highest BCUT2D eigenvalue weighted by Crippen LogP contribution is 2.25. The lowest BCUT2D eigenvalue weighted by Gasteiger charge is -2.10. The highest BCUT2D eigenvalue weighted by atomic mass is 35.5. The number of benzene rings is 1. The van der Waals surface area contributed by atoms with Gasteiger partial charge in [0.25, 0.3) is 0 Å². The molecule has 0 amide bonds. The van der Waals surface area contributed by atoms with Crippen molar-refractivity contribution >= 4 is 29.3 Å². The molecule has 106 valence electrons. The van der Waals surface area contributed by atoms with Gasteiger partial charge in [-0.2, -0.15) is 0 Å². The lowest BCUT2D eigenvalue weighted by atomic mass is 10.3. The number of aromatic nitrogens is 3. The minimum absolute atomic E-state index is 0.170. The van der Waals surface area contributed by atoms with Gasteiger partial charge in [0.15, 0.2) is 5.16 Å². The summed E-state index contributed by atoms with van der Waals surface area (Å²) in [6, 6.07) is 4.28. The quantitative estimate of drug-likeness (QED) is 0.859. The largest absolute Gasteiger partial charge is 0.481 e. The number of thioether (sulfide) groups is 1. The Kier molecular flexibility index (Phi) is 4.61. The maximum absolute atomic E-state index is 14.0. The number of carboxylic acids is 1. The molecule has 1 aromatic heterocycles. The molecule has 0 radical (unpaired) electrons. The molecule has 0 aliphatic heterocycles. The molecule has 2 rings (SSSR count). The Morgan fingerprint density at radius 3 is 2.85 bits per heavy atom. The first-order chi connectivity index (χ1) is 9.52. The zero-order valence-corrected chi connectivity index (χ0v) is 12.1. The zero-order valence-electron chi connectivity index (χ0n) is 10.5. The van der Waals surface area contributed by atoms with Gasteiger partial charge in [0, 0.05) is 11.4 Å². The van der Waals surface area contributed by atoms with Crippen LogP contribution in [0.5, 0.6) is 0 Å². The first kappa shape index (κ1) is 14.8. The zero-order chi connectivity index (χ0) is 14.7. The van der Waals surface area contributed by atoms with E-state index in [2.05, 4.69) is 10.2 Å². The Morgan fingerprint density at radius 1 is 1.50 bits per heavy atom. The van der Waals surface area contributed by atoms with Crippen LogP contribution in [-0.2, 0) is 11.2 Å². The Morgan fingerprint density at radius 2 is 2.25 bits per heavy atom. The highest BCUT2D eigenvalue weighted by Gasteiger charge is 2.17. The molecule has 1 heterocycles. The Labute approximate surface area is 123 Å². The van der Waals surface area contributed by atoms with Gasteiger partial charge in [-0.15, -0.1) is 10.2 Å². The van der Waals surface area contributed by atoms with Crippen LogP contribution >= 0.6 is 23.4 Å². The van der Waals surface area contributed by atoms with E-state index in [0.717, 1.165) is 11.8 Å². The molecule has 5 nitrogen and oxygen atoms in total. The summed E-state index contributed by atoms with van der Waals surface area (Å²) in [5.74, 6) is -1.10. The second-order valence-electron chi connectivity index (χ2n) is 3.87. The standard InChI is InChI=1S/C12H11ClFN3O2S/c1-2-10-15-16-12(20-6-11(18)19)17(10)9-4-3-7(13)5-8(9)14/h3-5H,2,6H2,1H3,(H,18,19). The Hall–Kier alpha value is -1.60. The number of halogens is 2.